The summed E-state index contributed by atoms with van der Waals surface area (Å²) in [5.41, 5.74) is 0.182. The van der Waals surface area contributed by atoms with Gasteiger partial charge in [0.25, 0.3) is 15.9 Å². The van der Waals surface area contributed by atoms with E-state index in [2.05, 4.69) is 10.0 Å². The lowest BCUT2D eigenvalue weighted by Gasteiger charge is -2.12. The smallest absolute Gasteiger partial charge is 0.262 e. The zero-order chi connectivity index (χ0) is 22.6. The lowest BCUT2D eigenvalue weighted by molar-refractivity contribution is 0.102. The van der Waals surface area contributed by atoms with Crippen LogP contribution in [0.1, 0.15) is 10.4 Å². The zero-order valence-electron chi connectivity index (χ0n) is 16.5. The van der Waals surface area contributed by atoms with E-state index in [0.717, 1.165) is 12.1 Å². The standard InChI is InChI=1S/C21H18F2N2O5S/c1-29-19-10-8-16(12-20(19)30-2)31(27,28)25-15-6-3-13(4-7-15)21(26)24-18-9-5-14(22)11-17(18)23/h3-12,25H,1-2H3,(H,24,26). The molecular formula is C21H18F2N2O5S. The van der Waals surface area contributed by atoms with Crippen molar-refractivity contribution >= 4 is 27.3 Å². The number of carbonyl (C=O) groups is 1. The van der Waals surface area contributed by atoms with Crippen molar-refractivity contribution in [1.29, 1.82) is 0 Å². The Morgan fingerprint density at radius 1 is 0.871 bits per heavy atom. The third-order valence-corrected chi connectivity index (χ3v) is 5.62. The van der Waals surface area contributed by atoms with E-state index in [9.17, 15) is 22.0 Å². The molecule has 10 heteroatoms. The summed E-state index contributed by atoms with van der Waals surface area (Å²) in [5, 5.41) is 2.33. The minimum absolute atomic E-state index is 0.0428. The van der Waals surface area contributed by atoms with Crippen LogP contribution < -0.4 is 19.5 Å². The van der Waals surface area contributed by atoms with Crippen molar-refractivity contribution in [2.75, 3.05) is 24.3 Å². The van der Waals surface area contributed by atoms with Crippen LogP contribution in [-0.4, -0.2) is 28.5 Å². The minimum Gasteiger partial charge on any atom is -0.493 e. The molecule has 3 aromatic rings. The second-order valence-electron chi connectivity index (χ2n) is 6.28. The van der Waals surface area contributed by atoms with Crippen LogP contribution in [0.2, 0.25) is 0 Å². The number of anilines is 2. The van der Waals surface area contributed by atoms with Crippen LogP contribution in [-0.2, 0) is 10.0 Å². The Balaban J connectivity index is 1.74. The molecule has 0 fully saturated rings. The topological polar surface area (TPSA) is 93.7 Å². The van der Waals surface area contributed by atoms with E-state index in [1.54, 1.807) is 0 Å². The van der Waals surface area contributed by atoms with E-state index in [0.29, 0.717) is 11.8 Å². The summed E-state index contributed by atoms with van der Waals surface area (Å²) < 4.78 is 64.5. The molecule has 3 rings (SSSR count). The first-order chi connectivity index (χ1) is 14.7. The molecule has 162 valence electrons. The maximum absolute atomic E-state index is 13.7. The van der Waals surface area contributed by atoms with Gasteiger partial charge < -0.3 is 14.8 Å². The van der Waals surface area contributed by atoms with Gasteiger partial charge in [-0.3, -0.25) is 9.52 Å². The first kappa shape index (κ1) is 22.0. The highest BCUT2D eigenvalue weighted by Crippen LogP contribution is 2.30. The average Bonchev–Trinajstić information content (AvgIpc) is 2.75. The van der Waals surface area contributed by atoms with Crippen molar-refractivity contribution in [3.63, 3.8) is 0 Å². The molecule has 0 spiro atoms. The van der Waals surface area contributed by atoms with Gasteiger partial charge >= 0.3 is 0 Å². The SMILES string of the molecule is COc1ccc(S(=O)(=O)Nc2ccc(C(=O)Nc3ccc(F)cc3F)cc2)cc1OC. The van der Waals surface area contributed by atoms with Crippen LogP contribution in [0.3, 0.4) is 0 Å². The van der Waals surface area contributed by atoms with Gasteiger partial charge in [0.15, 0.2) is 11.5 Å². The molecule has 0 saturated heterocycles. The Morgan fingerprint density at radius 2 is 1.55 bits per heavy atom. The molecule has 0 aliphatic heterocycles. The molecule has 0 heterocycles. The van der Waals surface area contributed by atoms with Gasteiger partial charge in [-0.25, -0.2) is 17.2 Å². The van der Waals surface area contributed by atoms with Gasteiger partial charge in [0.1, 0.15) is 11.6 Å². The van der Waals surface area contributed by atoms with Crippen molar-refractivity contribution in [3.05, 3.63) is 77.9 Å². The van der Waals surface area contributed by atoms with Crippen molar-refractivity contribution in [1.82, 2.24) is 0 Å². The summed E-state index contributed by atoms with van der Waals surface area (Å²) in [6.07, 6.45) is 0. The number of hydrogen-bond donors (Lipinski definition) is 2. The van der Waals surface area contributed by atoms with E-state index >= 15 is 0 Å². The predicted molar refractivity (Wildman–Crippen MR) is 111 cm³/mol. The first-order valence-corrected chi connectivity index (χ1v) is 10.3. The van der Waals surface area contributed by atoms with E-state index in [4.69, 9.17) is 9.47 Å². The van der Waals surface area contributed by atoms with Crippen LogP contribution in [0.25, 0.3) is 0 Å². The van der Waals surface area contributed by atoms with Gasteiger partial charge in [-0.15, -0.1) is 0 Å². The number of nitrogens with one attached hydrogen (secondary N) is 2. The molecule has 3 aromatic carbocycles. The lowest BCUT2D eigenvalue weighted by Crippen LogP contribution is -2.15. The first-order valence-electron chi connectivity index (χ1n) is 8.85. The van der Waals surface area contributed by atoms with E-state index < -0.39 is 27.6 Å². The minimum atomic E-state index is -3.93. The Labute approximate surface area is 177 Å². The monoisotopic (exact) mass is 448 g/mol. The maximum atomic E-state index is 13.7. The quantitative estimate of drug-likeness (QED) is 0.569. The van der Waals surface area contributed by atoms with Crippen molar-refractivity contribution in [3.8, 4) is 11.5 Å². The maximum Gasteiger partial charge on any atom is 0.262 e. The number of ether oxygens (including phenoxy) is 2. The molecule has 7 nitrogen and oxygen atoms in total. The van der Waals surface area contributed by atoms with Crippen molar-refractivity contribution < 1.29 is 31.5 Å². The van der Waals surface area contributed by atoms with E-state index in [1.165, 1.54) is 56.7 Å². The highest BCUT2D eigenvalue weighted by Gasteiger charge is 2.18. The van der Waals surface area contributed by atoms with E-state index in [-0.39, 0.29) is 27.6 Å². The van der Waals surface area contributed by atoms with Gasteiger partial charge in [0.05, 0.1) is 24.8 Å². The van der Waals surface area contributed by atoms with Gasteiger partial charge in [-0.1, -0.05) is 0 Å². The number of hydrogen-bond acceptors (Lipinski definition) is 5. The summed E-state index contributed by atoms with van der Waals surface area (Å²) in [6, 6.07) is 12.4. The molecule has 0 radical (unpaired) electrons. The summed E-state index contributed by atoms with van der Waals surface area (Å²) in [5.74, 6) is -1.67. The van der Waals surface area contributed by atoms with Gasteiger partial charge in [-0.2, -0.15) is 0 Å². The number of amides is 1. The fourth-order valence-corrected chi connectivity index (χ4v) is 3.75. The summed E-state index contributed by atoms with van der Waals surface area (Å²) in [7, 11) is -1.10. The Kier molecular flexibility index (Phi) is 6.40. The highest BCUT2D eigenvalue weighted by molar-refractivity contribution is 7.92. The molecule has 31 heavy (non-hydrogen) atoms. The van der Waals surface area contributed by atoms with E-state index in [1.807, 2.05) is 0 Å². The van der Waals surface area contributed by atoms with Gasteiger partial charge in [-0.05, 0) is 48.5 Å². The average molecular weight is 448 g/mol. The van der Waals surface area contributed by atoms with Crippen LogP contribution in [0.15, 0.2) is 65.6 Å². The fourth-order valence-electron chi connectivity index (χ4n) is 2.67. The summed E-state index contributed by atoms with van der Waals surface area (Å²) >= 11 is 0. The Morgan fingerprint density at radius 3 is 2.16 bits per heavy atom. The fraction of sp³-hybridized carbons (Fsp3) is 0.0952. The van der Waals surface area contributed by atoms with Crippen LogP contribution in [0.4, 0.5) is 20.2 Å². The summed E-state index contributed by atoms with van der Waals surface area (Å²) in [6.45, 7) is 0. The van der Waals surface area contributed by atoms with Crippen LogP contribution in [0.5, 0.6) is 11.5 Å². The summed E-state index contributed by atoms with van der Waals surface area (Å²) in [4.78, 5) is 12.2. The normalized spacial score (nSPS) is 11.0. The third kappa shape index (κ3) is 5.10. The molecular weight excluding hydrogens is 430 g/mol. The van der Waals surface area contributed by atoms with Gasteiger partial charge in [0, 0.05) is 23.4 Å². The zero-order valence-corrected chi connectivity index (χ0v) is 17.3. The molecule has 2 N–H and O–H groups in total. The lowest BCUT2D eigenvalue weighted by atomic mass is 10.2. The number of carbonyl (C=O) groups excluding carboxylic acids is 1. The number of benzene rings is 3. The Hall–Kier alpha value is -3.66. The van der Waals surface area contributed by atoms with Crippen LogP contribution in [0, 0.1) is 11.6 Å². The molecule has 1 amide bonds. The highest BCUT2D eigenvalue weighted by atomic mass is 32.2. The molecule has 0 bridgehead atoms. The number of rotatable bonds is 7. The third-order valence-electron chi connectivity index (χ3n) is 4.24. The van der Waals surface area contributed by atoms with Crippen molar-refractivity contribution in [2.45, 2.75) is 4.90 Å². The largest absolute Gasteiger partial charge is 0.493 e. The van der Waals surface area contributed by atoms with Crippen LogP contribution >= 0.6 is 0 Å². The number of halogens is 2. The second kappa shape index (κ2) is 9.00. The molecule has 0 unspecified atom stereocenters. The molecule has 0 aliphatic carbocycles. The second-order valence-corrected chi connectivity index (χ2v) is 7.96. The molecule has 0 aliphatic rings. The number of sulfonamides is 1. The Bertz CT molecular complexity index is 1210. The molecule has 0 atom stereocenters. The van der Waals surface area contributed by atoms with Gasteiger partial charge in [0.2, 0.25) is 0 Å². The molecule has 0 saturated carbocycles. The van der Waals surface area contributed by atoms with Crippen molar-refractivity contribution in [2.24, 2.45) is 0 Å². The number of methoxy groups -OCH3 is 2. The predicted octanol–water partition coefficient (Wildman–Crippen LogP) is 4.04. The molecule has 0 aromatic heterocycles.